The Kier molecular flexibility index (Phi) is 10.9. The molecule has 1 saturated carbocycles. The van der Waals surface area contributed by atoms with E-state index in [4.69, 9.17) is 9.47 Å². The van der Waals surface area contributed by atoms with Gasteiger partial charge in [0.2, 0.25) is 11.5 Å². The number of nitro benzene ring substituents is 2. The van der Waals surface area contributed by atoms with Gasteiger partial charge in [0.15, 0.2) is 0 Å². The molecule has 264 valence electrons. The second-order valence-corrected chi connectivity index (χ2v) is 11.8. The van der Waals surface area contributed by atoms with Crippen molar-refractivity contribution >= 4 is 47.6 Å². The van der Waals surface area contributed by atoms with Crippen LogP contribution in [0.4, 0.5) is 11.4 Å². The maximum atomic E-state index is 13.1. The highest BCUT2D eigenvalue weighted by Crippen LogP contribution is 2.41. The minimum absolute atomic E-state index is 0.189. The van der Waals surface area contributed by atoms with Gasteiger partial charge in [0.05, 0.1) is 33.4 Å². The van der Waals surface area contributed by atoms with Crippen LogP contribution >= 0.6 is 0 Å². The fraction of sp³-hybridized carbons (Fsp3) is 0.167. The monoisotopic (exact) mass is 706 g/mol. The van der Waals surface area contributed by atoms with Crippen LogP contribution in [0.5, 0.6) is 11.5 Å². The minimum Gasteiger partial charge on any atom is -0.416 e. The molecule has 0 saturated heterocycles. The van der Waals surface area contributed by atoms with Crippen molar-refractivity contribution in [2.24, 2.45) is 15.6 Å². The molecule has 0 spiro atoms. The highest BCUT2D eigenvalue weighted by molar-refractivity contribution is 6.06. The Hall–Kier alpha value is -7.10. The Morgan fingerprint density at radius 3 is 1.44 bits per heavy atom. The van der Waals surface area contributed by atoms with Gasteiger partial charge < -0.3 is 9.47 Å². The van der Waals surface area contributed by atoms with E-state index in [0.29, 0.717) is 6.42 Å². The summed E-state index contributed by atoms with van der Waals surface area (Å²) in [7, 11) is 0. The third-order valence-electron chi connectivity index (χ3n) is 8.11. The maximum absolute atomic E-state index is 13.1. The Morgan fingerprint density at radius 2 is 1.10 bits per heavy atom. The highest BCUT2D eigenvalue weighted by atomic mass is 16.6. The van der Waals surface area contributed by atoms with Gasteiger partial charge in [-0.2, -0.15) is 10.2 Å². The molecule has 1 aliphatic rings. The third kappa shape index (κ3) is 8.36. The summed E-state index contributed by atoms with van der Waals surface area (Å²) in [5.41, 5.74) is 4.51. The molecule has 5 rings (SSSR count). The van der Waals surface area contributed by atoms with Crippen LogP contribution in [-0.4, -0.2) is 46.0 Å². The first-order chi connectivity index (χ1) is 24.9. The molecule has 0 unspecified atom stereocenters. The summed E-state index contributed by atoms with van der Waals surface area (Å²) in [5, 5.41) is 31.1. The van der Waals surface area contributed by atoms with E-state index in [1.54, 1.807) is 50.2 Å². The third-order valence-corrected chi connectivity index (χ3v) is 8.11. The number of nitrogens with one attached hydrogen (secondary N) is 2. The molecular formula is C36H30N6O10. The quantitative estimate of drug-likeness (QED) is 0.0481. The van der Waals surface area contributed by atoms with E-state index in [1.807, 2.05) is 0 Å². The first kappa shape index (κ1) is 36.2. The van der Waals surface area contributed by atoms with E-state index in [-0.39, 0.29) is 46.6 Å². The van der Waals surface area contributed by atoms with Crippen LogP contribution in [0.2, 0.25) is 0 Å². The maximum Gasteiger partial charge on any atom is 0.343 e. The summed E-state index contributed by atoms with van der Waals surface area (Å²) in [6.45, 7) is 3.57. The minimum atomic E-state index is -1.51. The zero-order chi connectivity index (χ0) is 37.4. The number of carbonyl (C=O) groups is 4. The molecule has 16 heteroatoms. The van der Waals surface area contributed by atoms with E-state index in [9.17, 15) is 39.4 Å². The van der Waals surface area contributed by atoms with Crippen molar-refractivity contribution in [2.75, 3.05) is 0 Å². The number of benzene rings is 4. The smallest absolute Gasteiger partial charge is 0.343 e. The van der Waals surface area contributed by atoms with Crippen molar-refractivity contribution in [2.45, 2.75) is 33.1 Å². The lowest BCUT2D eigenvalue weighted by Crippen LogP contribution is -2.53. The first-order valence-electron chi connectivity index (χ1n) is 15.7. The molecule has 0 radical (unpaired) electrons. The zero-order valence-corrected chi connectivity index (χ0v) is 27.7. The number of esters is 2. The number of ether oxygens (including phenoxy) is 2. The van der Waals surface area contributed by atoms with Gasteiger partial charge in [0, 0.05) is 23.3 Å². The second kappa shape index (κ2) is 15.6. The van der Waals surface area contributed by atoms with Crippen LogP contribution in [0.3, 0.4) is 0 Å². The van der Waals surface area contributed by atoms with Gasteiger partial charge in [-0.25, -0.2) is 20.4 Å². The summed E-state index contributed by atoms with van der Waals surface area (Å²) in [6.07, 6.45) is 3.21. The molecule has 0 bridgehead atoms. The first-order valence-corrected chi connectivity index (χ1v) is 15.7. The Balaban J connectivity index is 1.20. The topological polar surface area (TPSA) is 222 Å². The molecular weight excluding hydrogens is 676 g/mol. The van der Waals surface area contributed by atoms with Gasteiger partial charge in [0.25, 0.3) is 11.8 Å². The van der Waals surface area contributed by atoms with Crippen LogP contribution in [0.1, 0.15) is 62.2 Å². The van der Waals surface area contributed by atoms with E-state index in [2.05, 4.69) is 21.1 Å². The van der Waals surface area contributed by atoms with Gasteiger partial charge in [-0.05, 0) is 75.2 Å². The lowest BCUT2D eigenvalue weighted by Gasteiger charge is -2.36. The molecule has 4 aromatic rings. The average molecular weight is 707 g/mol. The standard InChI is InChI=1S/C36H30N6O10/c1-22-6-3-8-26(16-22)32(43)51-30-12-10-24(18-28(30)41(47)48)20-37-39-34(45)36(14-5-15-36)35(46)40-38-21-25-11-13-31(29(19-25)42(49)50)52-33(44)27-9-4-7-23(2)17-27/h3-4,6-13,16-21H,5,14-15H2,1-2H3,(H,39,45)(H,40,46)/b37-20-,38-21-. The number of aryl methyl sites for hydroxylation is 2. The molecule has 0 atom stereocenters. The van der Waals surface area contributed by atoms with Gasteiger partial charge in [-0.3, -0.25) is 29.8 Å². The zero-order valence-electron chi connectivity index (χ0n) is 27.7. The summed E-state index contributed by atoms with van der Waals surface area (Å²) in [6, 6.07) is 20.6. The fourth-order valence-electron chi connectivity index (χ4n) is 5.18. The molecule has 0 aliphatic heterocycles. The van der Waals surface area contributed by atoms with Crippen molar-refractivity contribution in [3.8, 4) is 11.5 Å². The summed E-state index contributed by atoms with van der Waals surface area (Å²) >= 11 is 0. The summed E-state index contributed by atoms with van der Waals surface area (Å²) in [4.78, 5) is 73.2. The number of hydrogen-bond donors (Lipinski definition) is 2. The van der Waals surface area contributed by atoms with Crippen molar-refractivity contribution < 1.29 is 38.5 Å². The van der Waals surface area contributed by atoms with Gasteiger partial charge in [-0.1, -0.05) is 41.8 Å². The van der Waals surface area contributed by atoms with Crippen LogP contribution in [0.15, 0.2) is 95.1 Å². The van der Waals surface area contributed by atoms with Crippen molar-refractivity contribution in [3.63, 3.8) is 0 Å². The lowest BCUT2D eigenvalue weighted by atomic mass is 9.67. The van der Waals surface area contributed by atoms with Gasteiger partial charge in [0.1, 0.15) is 5.41 Å². The number of carbonyl (C=O) groups excluding carboxylic acids is 4. The van der Waals surface area contributed by atoms with E-state index < -0.39 is 50.4 Å². The van der Waals surface area contributed by atoms with Gasteiger partial charge in [-0.15, -0.1) is 0 Å². The summed E-state index contributed by atoms with van der Waals surface area (Å²) < 4.78 is 10.5. The van der Waals surface area contributed by atoms with Crippen LogP contribution in [0.25, 0.3) is 0 Å². The lowest BCUT2D eigenvalue weighted by molar-refractivity contribution is -0.385. The number of nitrogens with zero attached hydrogens (tertiary/aromatic N) is 4. The average Bonchev–Trinajstić information content (AvgIpc) is 3.08. The van der Waals surface area contributed by atoms with E-state index in [1.165, 1.54) is 36.4 Å². The molecule has 2 N–H and O–H groups in total. The van der Waals surface area contributed by atoms with Crippen LogP contribution < -0.4 is 20.3 Å². The van der Waals surface area contributed by atoms with Crippen molar-refractivity contribution in [1.82, 2.24) is 10.9 Å². The Morgan fingerprint density at radius 1 is 0.673 bits per heavy atom. The number of nitro groups is 2. The normalized spacial score (nSPS) is 13.2. The molecule has 52 heavy (non-hydrogen) atoms. The number of rotatable bonds is 12. The molecule has 0 aromatic heterocycles. The molecule has 16 nitrogen and oxygen atoms in total. The molecule has 1 fully saturated rings. The fourth-order valence-corrected chi connectivity index (χ4v) is 5.18. The van der Waals surface area contributed by atoms with Gasteiger partial charge >= 0.3 is 23.3 Å². The number of amides is 2. The molecule has 2 amide bonds. The predicted molar refractivity (Wildman–Crippen MR) is 186 cm³/mol. The number of hydrogen-bond acceptors (Lipinski definition) is 12. The Labute approximate surface area is 295 Å². The number of hydrazone groups is 2. The molecule has 1 aliphatic carbocycles. The van der Waals surface area contributed by atoms with Crippen LogP contribution in [0, 0.1) is 39.5 Å². The van der Waals surface area contributed by atoms with Crippen molar-refractivity contribution in [1.29, 1.82) is 0 Å². The van der Waals surface area contributed by atoms with Crippen LogP contribution in [-0.2, 0) is 9.59 Å². The second-order valence-electron chi connectivity index (χ2n) is 11.8. The highest BCUT2D eigenvalue weighted by Gasteiger charge is 2.51. The Bertz CT molecular complexity index is 2010. The molecule has 4 aromatic carbocycles. The molecule has 0 heterocycles. The van der Waals surface area contributed by atoms with Crippen molar-refractivity contribution in [3.05, 3.63) is 139 Å². The van der Waals surface area contributed by atoms with E-state index >= 15 is 0 Å². The SMILES string of the molecule is Cc1cccc(C(=O)Oc2ccc(/C=N\NC(=O)C3(C(=O)N/N=C\c4ccc(OC(=O)c5cccc(C)c5)c([N+](=O)[O-])c4)CCC3)cc2[N+](=O)[O-])c1. The summed E-state index contributed by atoms with van der Waals surface area (Å²) in [5.74, 6) is -3.59. The van der Waals surface area contributed by atoms with E-state index in [0.717, 1.165) is 35.7 Å². The predicted octanol–water partition coefficient (Wildman–Crippen LogP) is 5.33. The largest absolute Gasteiger partial charge is 0.416 e.